The number of benzene rings is 1. The molecule has 1 aromatic rings. The molecule has 0 radical (unpaired) electrons. The van der Waals surface area contributed by atoms with Gasteiger partial charge in [0.05, 0.1) is 0 Å². The monoisotopic (exact) mass is 286 g/mol. The Kier molecular flexibility index (Phi) is 5.55. The molecule has 1 N–H and O–H groups in total. The van der Waals surface area contributed by atoms with Crippen LogP contribution in [-0.4, -0.2) is 35.8 Å². The van der Waals surface area contributed by atoms with Gasteiger partial charge in [-0.2, -0.15) is 0 Å². The summed E-state index contributed by atoms with van der Waals surface area (Å²) in [5.74, 6) is 0.128. The van der Waals surface area contributed by atoms with Gasteiger partial charge in [0, 0.05) is 31.6 Å². The normalized spacial score (nSPS) is 16.1. The highest BCUT2D eigenvalue weighted by atomic mass is 16.2. The van der Waals surface area contributed by atoms with Crippen LogP contribution in [0.3, 0.4) is 0 Å². The summed E-state index contributed by atoms with van der Waals surface area (Å²) >= 11 is 0. The molecule has 0 bridgehead atoms. The van der Waals surface area contributed by atoms with Crippen LogP contribution in [0.5, 0.6) is 0 Å². The second kappa shape index (κ2) is 7.62. The number of hydrogen-bond donors (Lipinski definition) is 1. The Balaban J connectivity index is 1.80. The molecule has 2 amide bonds. The van der Waals surface area contributed by atoms with Crippen molar-refractivity contribution in [3.63, 3.8) is 0 Å². The number of nitrogens with one attached hydrogen (secondary N) is 1. The second-order valence-electron chi connectivity index (χ2n) is 5.26. The van der Waals surface area contributed by atoms with Crippen molar-refractivity contribution in [1.29, 1.82) is 0 Å². The van der Waals surface area contributed by atoms with Crippen LogP contribution in [0, 0.1) is 0 Å². The predicted molar refractivity (Wildman–Crippen MR) is 83.5 cm³/mol. The Morgan fingerprint density at radius 2 is 1.90 bits per heavy atom. The average Bonchev–Trinajstić information content (AvgIpc) is 2.54. The summed E-state index contributed by atoms with van der Waals surface area (Å²) < 4.78 is 0. The maximum atomic E-state index is 12.1. The fraction of sp³-hybridized carbons (Fsp3) is 0.412. The van der Waals surface area contributed by atoms with Crippen LogP contribution in [0.1, 0.15) is 31.7 Å². The Bertz CT molecular complexity index is 503. The summed E-state index contributed by atoms with van der Waals surface area (Å²) in [4.78, 5) is 25.3. The molecule has 4 heteroatoms. The maximum absolute atomic E-state index is 12.1. The molecule has 4 nitrogen and oxygen atoms in total. The van der Waals surface area contributed by atoms with Crippen LogP contribution >= 0.6 is 0 Å². The van der Waals surface area contributed by atoms with E-state index in [-0.39, 0.29) is 17.9 Å². The molecule has 1 saturated heterocycles. The highest BCUT2D eigenvalue weighted by molar-refractivity contribution is 5.91. The van der Waals surface area contributed by atoms with Gasteiger partial charge in [-0.05, 0) is 24.5 Å². The standard InChI is InChI=1S/C17H22N2O2/c1-2-16(20)18-15-10-12-19(13-11-15)17(21)9-8-14-6-4-3-5-7-14/h3-9,15H,2,10-13H2,1H3,(H,18,20)/b9-8+. The number of rotatable bonds is 4. The summed E-state index contributed by atoms with van der Waals surface area (Å²) in [6.45, 7) is 3.25. The third-order valence-electron chi connectivity index (χ3n) is 3.71. The van der Waals surface area contributed by atoms with Gasteiger partial charge in [-0.1, -0.05) is 37.3 Å². The lowest BCUT2D eigenvalue weighted by atomic mass is 10.0. The molecule has 0 unspecified atom stereocenters. The highest BCUT2D eigenvalue weighted by Crippen LogP contribution is 2.11. The van der Waals surface area contributed by atoms with Crippen molar-refractivity contribution in [3.8, 4) is 0 Å². The lowest BCUT2D eigenvalue weighted by Crippen LogP contribution is -2.46. The first-order chi connectivity index (χ1) is 10.2. The molecule has 0 spiro atoms. The van der Waals surface area contributed by atoms with Gasteiger partial charge in [-0.15, -0.1) is 0 Å². The van der Waals surface area contributed by atoms with Gasteiger partial charge in [0.25, 0.3) is 0 Å². The molecule has 0 atom stereocenters. The van der Waals surface area contributed by atoms with Crippen LogP contribution in [0.25, 0.3) is 6.08 Å². The van der Waals surface area contributed by atoms with E-state index in [0.717, 1.165) is 18.4 Å². The third-order valence-corrected chi connectivity index (χ3v) is 3.71. The summed E-state index contributed by atoms with van der Waals surface area (Å²) in [5.41, 5.74) is 1.02. The second-order valence-corrected chi connectivity index (χ2v) is 5.26. The minimum atomic E-state index is 0.0409. The molecule has 0 saturated carbocycles. The first-order valence-electron chi connectivity index (χ1n) is 7.50. The number of likely N-dealkylation sites (tertiary alicyclic amines) is 1. The molecule has 21 heavy (non-hydrogen) atoms. The van der Waals surface area contributed by atoms with Crippen molar-refractivity contribution < 1.29 is 9.59 Å². The molecule has 1 heterocycles. The molecule has 2 rings (SSSR count). The van der Waals surface area contributed by atoms with Gasteiger partial charge in [-0.3, -0.25) is 9.59 Å². The topological polar surface area (TPSA) is 49.4 Å². The summed E-state index contributed by atoms with van der Waals surface area (Å²) in [7, 11) is 0. The molecule has 1 aromatic carbocycles. The van der Waals surface area contributed by atoms with E-state index in [9.17, 15) is 9.59 Å². The molecule has 1 fully saturated rings. The highest BCUT2D eigenvalue weighted by Gasteiger charge is 2.22. The molecule has 1 aliphatic heterocycles. The van der Waals surface area contributed by atoms with Crippen LogP contribution in [0.2, 0.25) is 0 Å². The van der Waals surface area contributed by atoms with Crippen molar-refractivity contribution in [2.24, 2.45) is 0 Å². The Morgan fingerprint density at radius 1 is 1.24 bits per heavy atom. The molecule has 112 valence electrons. The molecule has 1 aliphatic rings. The van der Waals surface area contributed by atoms with E-state index >= 15 is 0 Å². The van der Waals surface area contributed by atoms with Crippen molar-refractivity contribution in [3.05, 3.63) is 42.0 Å². The number of nitrogens with zero attached hydrogens (tertiary/aromatic N) is 1. The van der Waals surface area contributed by atoms with Gasteiger partial charge < -0.3 is 10.2 Å². The van der Waals surface area contributed by atoms with Gasteiger partial charge in [0.1, 0.15) is 0 Å². The van der Waals surface area contributed by atoms with Crippen LogP contribution in [0.15, 0.2) is 36.4 Å². The first kappa shape index (κ1) is 15.3. The van der Waals surface area contributed by atoms with E-state index in [1.807, 2.05) is 48.2 Å². The Labute approximate surface area is 125 Å². The van der Waals surface area contributed by atoms with E-state index in [1.54, 1.807) is 6.08 Å². The number of hydrogen-bond acceptors (Lipinski definition) is 2. The minimum Gasteiger partial charge on any atom is -0.353 e. The van der Waals surface area contributed by atoms with E-state index < -0.39 is 0 Å². The first-order valence-corrected chi connectivity index (χ1v) is 7.50. The van der Waals surface area contributed by atoms with E-state index in [1.165, 1.54) is 0 Å². The molecular weight excluding hydrogens is 264 g/mol. The largest absolute Gasteiger partial charge is 0.353 e. The smallest absolute Gasteiger partial charge is 0.246 e. The molecular formula is C17H22N2O2. The van der Waals surface area contributed by atoms with Gasteiger partial charge in [-0.25, -0.2) is 0 Å². The van der Waals surface area contributed by atoms with Gasteiger partial charge in [0.15, 0.2) is 0 Å². The van der Waals surface area contributed by atoms with Crippen molar-refractivity contribution in [1.82, 2.24) is 10.2 Å². The van der Waals surface area contributed by atoms with Crippen LogP contribution < -0.4 is 5.32 Å². The van der Waals surface area contributed by atoms with Gasteiger partial charge >= 0.3 is 0 Å². The third kappa shape index (κ3) is 4.74. The lowest BCUT2D eigenvalue weighted by molar-refractivity contribution is -0.127. The SMILES string of the molecule is CCC(=O)NC1CCN(C(=O)/C=C/c2ccccc2)CC1. The lowest BCUT2D eigenvalue weighted by Gasteiger charge is -2.31. The van der Waals surface area contributed by atoms with Crippen molar-refractivity contribution in [2.45, 2.75) is 32.2 Å². The number of carbonyl (C=O) groups excluding carboxylic acids is 2. The summed E-state index contributed by atoms with van der Waals surface area (Å²) in [6.07, 6.45) is 5.64. The van der Waals surface area contributed by atoms with Crippen molar-refractivity contribution in [2.75, 3.05) is 13.1 Å². The Hall–Kier alpha value is -2.10. The fourth-order valence-electron chi connectivity index (χ4n) is 2.41. The van der Waals surface area contributed by atoms with E-state index in [4.69, 9.17) is 0 Å². The fourth-order valence-corrected chi connectivity index (χ4v) is 2.41. The van der Waals surface area contributed by atoms with Crippen LogP contribution in [-0.2, 0) is 9.59 Å². The van der Waals surface area contributed by atoms with Gasteiger partial charge in [0.2, 0.25) is 11.8 Å². The number of piperidine rings is 1. The van der Waals surface area contributed by atoms with Crippen molar-refractivity contribution >= 4 is 17.9 Å². The molecule has 0 aromatic heterocycles. The maximum Gasteiger partial charge on any atom is 0.246 e. The predicted octanol–water partition coefficient (Wildman–Crippen LogP) is 2.22. The van der Waals surface area contributed by atoms with Crippen LogP contribution in [0.4, 0.5) is 0 Å². The average molecular weight is 286 g/mol. The quantitative estimate of drug-likeness (QED) is 0.863. The number of amides is 2. The summed E-state index contributed by atoms with van der Waals surface area (Å²) in [5, 5.41) is 2.99. The van der Waals surface area contributed by atoms with E-state index in [2.05, 4.69) is 5.32 Å². The zero-order chi connectivity index (χ0) is 15.1. The van der Waals surface area contributed by atoms with E-state index in [0.29, 0.717) is 19.5 Å². The summed E-state index contributed by atoms with van der Waals surface area (Å²) in [6, 6.07) is 10.00. The molecule has 0 aliphatic carbocycles. The zero-order valence-corrected chi connectivity index (χ0v) is 12.4. The minimum absolute atomic E-state index is 0.0409. The Morgan fingerprint density at radius 3 is 2.52 bits per heavy atom. The number of carbonyl (C=O) groups is 2. The zero-order valence-electron chi connectivity index (χ0n) is 12.4.